The third-order valence-electron chi connectivity index (χ3n) is 4.56. The van der Waals surface area contributed by atoms with Gasteiger partial charge in [0.05, 0.1) is 12.6 Å². The normalized spacial score (nSPS) is 11.6. The van der Waals surface area contributed by atoms with Crippen LogP contribution in [0.2, 0.25) is 0 Å². The number of hydrogen-bond acceptors (Lipinski definition) is 5. The summed E-state index contributed by atoms with van der Waals surface area (Å²) in [6, 6.07) is 8.40. The molecule has 33 heavy (non-hydrogen) atoms. The Labute approximate surface area is 196 Å². The van der Waals surface area contributed by atoms with Crippen LogP contribution in [0.5, 0.6) is 0 Å². The Morgan fingerprint density at radius 2 is 1.85 bits per heavy atom. The van der Waals surface area contributed by atoms with Gasteiger partial charge in [0.1, 0.15) is 17.7 Å². The summed E-state index contributed by atoms with van der Waals surface area (Å²) in [6.07, 6.45) is 1.78. The van der Waals surface area contributed by atoms with E-state index < -0.39 is 35.3 Å². The highest BCUT2D eigenvalue weighted by Gasteiger charge is 2.23. The van der Waals surface area contributed by atoms with Crippen molar-refractivity contribution in [1.29, 1.82) is 0 Å². The van der Waals surface area contributed by atoms with Gasteiger partial charge in [0.2, 0.25) is 11.7 Å². The number of anilines is 1. The third kappa shape index (κ3) is 6.79. The van der Waals surface area contributed by atoms with Crippen LogP contribution in [0.25, 0.3) is 0 Å². The predicted octanol–water partition coefficient (Wildman–Crippen LogP) is 4.41. The molecule has 1 atom stereocenters. The first-order chi connectivity index (χ1) is 15.7. The monoisotopic (exact) mass is 519 g/mol. The van der Waals surface area contributed by atoms with Crippen molar-refractivity contribution in [1.82, 2.24) is 10.3 Å². The topological polar surface area (TPSA) is 101 Å². The number of rotatable bonds is 9. The first kappa shape index (κ1) is 24.2. The number of aromatic nitrogens is 1. The van der Waals surface area contributed by atoms with E-state index in [-0.39, 0.29) is 23.8 Å². The number of oxazole rings is 1. The van der Waals surface area contributed by atoms with E-state index in [1.165, 1.54) is 6.20 Å². The molecule has 7 nitrogen and oxygen atoms in total. The zero-order valence-electron chi connectivity index (χ0n) is 17.5. The number of benzene rings is 2. The minimum Gasteiger partial charge on any atom is -0.420 e. The van der Waals surface area contributed by atoms with E-state index in [9.17, 15) is 23.2 Å². The highest BCUT2D eigenvalue weighted by atomic mass is 79.9. The van der Waals surface area contributed by atoms with Crippen LogP contribution in [0.3, 0.4) is 0 Å². The molecule has 1 unspecified atom stereocenters. The highest BCUT2D eigenvalue weighted by molar-refractivity contribution is 9.10. The van der Waals surface area contributed by atoms with Crippen molar-refractivity contribution in [3.8, 4) is 0 Å². The second kappa shape index (κ2) is 11.0. The molecule has 1 aromatic heterocycles. The van der Waals surface area contributed by atoms with Gasteiger partial charge in [0.25, 0.3) is 5.91 Å². The summed E-state index contributed by atoms with van der Waals surface area (Å²) in [6.45, 7) is 1.83. The molecule has 1 heterocycles. The van der Waals surface area contributed by atoms with Crippen molar-refractivity contribution in [2.75, 3.05) is 5.32 Å². The Morgan fingerprint density at radius 1 is 1.12 bits per heavy atom. The minimum atomic E-state index is -0.933. The van der Waals surface area contributed by atoms with E-state index in [0.29, 0.717) is 24.5 Å². The molecular formula is C23H20BrF2N3O4. The highest BCUT2D eigenvalue weighted by Crippen LogP contribution is 2.18. The van der Waals surface area contributed by atoms with Crippen molar-refractivity contribution < 1.29 is 27.6 Å². The zero-order chi connectivity index (χ0) is 24.0. The zero-order valence-corrected chi connectivity index (χ0v) is 19.1. The molecule has 0 bridgehead atoms. The Morgan fingerprint density at radius 3 is 2.52 bits per heavy atom. The summed E-state index contributed by atoms with van der Waals surface area (Å²) in [4.78, 5) is 41.4. The average Bonchev–Trinajstić information content (AvgIpc) is 3.20. The summed E-state index contributed by atoms with van der Waals surface area (Å²) >= 11 is 3.29. The lowest BCUT2D eigenvalue weighted by molar-refractivity contribution is -0.126. The summed E-state index contributed by atoms with van der Waals surface area (Å²) < 4.78 is 32.8. The molecule has 2 N–H and O–H groups in total. The van der Waals surface area contributed by atoms with E-state index in [0.717, 1.165) is 16.6 Å². The SMILES string of the molecule is CCCC(NC(=O)Cc1cc(F)cc(F)c1)C(=O)Nc1ncc(C(=O)c2cccc(Br)c2)o1. The van der Waals surface area contributed by atoms with E-state index in [1.54, 1.807) is 24.3 Å². The number of ketones is 1. The number of carbonyl (C=O) groups is 3. The van der Waals surface area contributed by atoms with Crippen LogP contribution in [0.4, 0.5) is 14.8 Å². The van der Waals surface area contributed by atoms with Crippen molar-refractivity contribution >= 4 is 39.5 Å². The maximum Gasteiger partial charge on any atom is 0.302 e. The lowest BCUT2D eigenvalue weighted by atomic mass is 10.1. The van der Waals surface area contributed by atoms with Crippen molar-refractivity contribution in [3.05, 3.63) is 81.7 Å². The molecule has 0 spiro atoms. The molecule has 3 rings (SSSR count). The van der Waals surface area contributed by atoms with Crippen LogP contribution in [0.1, 0.15) is 41.4 Å². The van der Waals surface area contributed by atoms with Gasteiger partial charge in [-0.15, -0.1) is 0 Å². The summed E-state index contributed by atoms with van der Waals surface area (Å²) in [5.41, 5.74) is 0.521. The molecule has 0 fully saturated rings. The Kier molecular flexibility index (Phi) is 8.05. The van der Waals surface area contributed by atoms with Crippen molar-refractivity contribution in [2.24, 2.45) is 0 Å². The number of amides is 2. The molecule has 0 radical (unpaired) electrons. The van der Waals surface area contributed by atoms with E-state index in [2.05, 4.69) is 31.5 Å². The molecule has 2 amide bonds. The van der Waals surface area contributed by atoms with E-state index in [4.69, 9.17) is 4.42 Å². The standard InChI is InChI=1S/C23H20BrF2N3O4/c1-2-4-18(28-20(30)9-13-7-16(25)11-17(26)8-13)22(32)29-23-27-12-19(33-23)21(31)14-5-3-6-15(24)10-14/h3,5-8,10-12,18H,2,4,9H2,1H3,(H,28,30)(H,27,29,32). The van der Waals surface area contributed by atoms with Crippen LogP contribution in [0, 0.1) is 11.6 Å². The van der Waals surface area contributed by atoms with Gasteiger partial charge < -0.3 is 9.73 Å². The molecule has 0 saturated carbocycles. The Hall–Kier alpha value is -3.40. The van der Waals surface area contributed by atoms with Crippen LogP contribution < -0.4 is 10.6 Å². The van der Waals surface area contributed by atoms with E-state index in [1.807, 2.05) is 6.92 Å². The molecule has 172 valence electrons. The summed E-state index contributed by atoms with van der Waals surface area (Å²) in [5.74, 6) is -3.24. The number of nitrogens with one attached hydrogen (secondary N) is 2. The smallest absolute Gasteiger partial charge is 0.302 e. The second-order valence-corrected chi connectivity index (χ2v) is 8.14. The first-order valence-electron chi connectivity index (χ1n) is 10.1. The van der Waals surface area contributed by atoms with Gasteiger partial charge in [-0.3, -0.25) is 19.7 Å². The van der Waals surface area contributed by atoms with Gasteiger partial charge in [-0.1, -0.05) is 41.4 Å². The van der Waals surface area contributed by atoms with Gasteiger partial charge in [0.15, 0.2) is 5.76 Å². The minimum absolute atomic E-state index is 0.0624. The van der Waals surface area contributed by atoms with Gasteiger partial charge in [0, 0.05) is 16.1 Å². The maximum absolute atomic E-state index is 13.3. The molecule has 0 aliphatic carbocycles. The van der Waals surface area contributed by atoms with Crippen LogP contribution in [0.15, 0.2) is 57.6 Å². The molecule has 3 aromatic rings. The average molecular weight is 520 g/mol. The molecule has 10 heteroatoms. The number of nitrogens with zero attached hydrogens (tertiary/aromatic N) is 1. The lowest BCUT2D eigenvalue weighted by Crippen LogP contribution is -2.44. The quantitative estimate of drug-likeness (QED) is 0.407. The maximum atomic E-state index is 13.3. The third-order valence-corrected chi connectivity index (χ3v) is 5.06. The van der Waals surface area contributed by atoms with Crippen LogP contribution >= 0.6 is 15.9 Å². The molecule has 0 aliphatic heterocycles. The first-order valence-corrected chi connectivity index (χ1v) is 10.9. The number of carbonyl (C=O) groups excluding carboxylic acids is 3. The van der Waals surface area contributed by atoms with Gasteiger partial charge in [-0.25, -0.2) is 13.8 Å². The van der Waals surface area contributed by atoms with Crippen molar-refractivity contribution in [2.45, 2.75) is 32.2 Å². The lowest BCUT2D eigenvalue weighted by Gasteiger charge is -2.16. The summed E-state index contributed by atoms with van der Waals surface area (Å²) in [7, 11) is 0. The fourth-order valence-corrected chi connectivity index (χ4v) is 3.50. The van der Waals surface area contributed by atoms with E-state index >= 15 is 0 Å². The fourth-order valence-electron chi connectivity index (χ4n) is 3.10. The van der Waals surface area contributed by atoms with Gasteiger partial charge in [-0.05, 0) is 36.2 Å². The molecule has 0 saturated heterocycles. The van der Waals surface area contributed by atoms with Gasteiger partial charge in [-0.2, -0.15) is 0 Å². The Bertz CT molecular complexity index is 1160. The van der Waals surface area contributed by atoms with Gasteiger partial charge >= 0.3 is 6.01 Å². The molecule has 2 aromatic carbocycles. The van der Waals surface area contributed by atoms with Crippen LogP contribution in [-0.4, -0.2) is 28.6 Å². The largest absolute Gasteiger partial charge is 0.420 e. The Balaban J connectivity index is 1.64. The second-order valence-electron chi connectivity index (χ2n) is 7.22. The predicted molar refractivity (Wildman–Crippen MR) is 120 cm³/mol. The van der Waals surface area contributed by atoms with Crippen LogP contribution in [-0.2, 0) is 16.0 Å². The number of hydrogen-bond donors (Lipinski definition) is 2. The number of halogens is 3. The molecule has 0 aliphatic rings. The summed E-state index contributed by atoms with van der Waals surface area (Å²) in [5, 5.41) is 4.99. The fraction of sp³-hybridized carbons (Fsp3) is 0.217. The van der Waals surface area contributed by atoms with Crippen molar-refractivity contribution in [3.63, 3.8) is 0 Å². The molecular weight excluding hydrogens is 500 g/mol.